The molecule has 1 unspecified atom stereocenters. The van der Waals surface area contributed by atoms with E-state index in [0.29, 0.717) is 6.54 Å². The smallest absolute Gasteiger partial charge is 0.249 e. The molecule has 0 radical (unpaired) electrons. The van der Waals surface area contributed by atoms with Crippen molar-refractivity contribution in [2.75, 3.05) is 6.54 Å². The zero-order valence-electron chi connectivity index (χ0n) is 15.0. The second-order valence-corrected chi connectivity index (χ2v) is 7.41. The molecule has 1 N–H and O–H groups in total. The van der Waals surface area contributed by atoms with Crippen LogP contribution >= 0.6 is 0 Å². The average molecular weight is 317 g/mol. The molecular weight excluding hydrogens is 286 g/mol. The maximum Gasteiger partial charge on any atom is 0.249 e. The van der Waals surface area contributed by atoms with E-state index in [2.05, 4.69) is 50.4 Å². The van der Waals surface area contributed by atoms with E-state index in [-0.39, 0.29) is 23.5 Å². The van der Waals surface area contributed by atoms with Crippen molar-refractivity contribution in [1.29, 1.82) is 0 Å². The molecule has 0 spiro atoms. The van der Waals surface area contributed by atoms with Gasteiger partial charge in [-0.2, -0.15) is 0 Å². The summed E-state index contributed by atoms with van der Waals surface area (Å²) in [6.07, 6.45) is 5.33. The lowest BCUT2D eigenvalue weighted by molar-refractivity contribution is -0.137. The molecule has 1 aliphatic carbocycles. The number of ether oxygens (including phenoxy) is 1. The van der Waals surface area contributed by atoms with E-state index in [0.717, 1.165) is 19.3 Å². The van der Waals surface area contributed by atoms with Crippen LogP contribution in [0, 0.1) is 6.92 Å². The van der Waals surface area contributed by atoms with Crippen LogP contribution in [0.2, 0.25) is 0 Å². The Kier molecular flexibility index (Phi) is 6.23. The maximum absolute atomic E-state index is 12.5. The van der Waals surface area contributed by atoms with Gasteiger partial charge in [-0.1, -0.05) is 63.4 Å². The van der Waals surface area contributed by atoms with Gasteiger partial charge in [-0.15, -0.1) is 0 Å². The first-order valence-corrected chi connectivity index (χ1v) is 8.92. The van der Waals surface area contributed by atoms with Gasteiger partial charge in [-0.05, 0) is 31.7 Å². The van der Waals surface area contributed by atoms with Gasteiger partial charge in [0.25, 0.3) is 0 Å². The van der Waals surface area contributed by atoms with Crippen LogP contribution in [0.25, 0.3) is 0 Å². The highest BCUT2D eigenvalue weighted by molar-refractivity contribution is 5.80. The Morgan fingerprint density at radius 3 is 2.65 bits per heavy atom. The Morgan fingerprint density at radius 2 is 2.04 bits per heavy atom. The number of hydrogen-bond donors (Lipinski definition) is 1. The number of carbonyl (C=O) groups is 1. The number of hydrogen-bond acceptors (Lipinski definition) is 2. The summed E-state index contributed by atoms with van der Waals surface area (Å²) in [6.45, 7) is 9.08. The number of carbonyl (C=O) groups excluding carboxylic acids is 1. The van der Waals surface area contributed by atoms with Crippen molar-refractivity contribution >= 4 is 5.91 Å². The van der Waals surface area contributed by atoms with Crippen molar-refractivity contribution in [3.63, 3.8) is 0 Å². The monoisotopic (exact) mass is 317 g/mol. The lowest BCUT2D eigenvalue weighted by Crippen LogP contribution is -2.43. The fourth-order valence-electron chi connectivity index (χ4n) is 3.19. The summed E-state index contributed by atoms with van der Waals surface area (Å²) in [5.41, 5.74) is 2.41. The minimum atomic E-state index is -0.314. The zero-order chi connectivity index (χ0) is 16.9. The molecule has 3 nitrogen and oxygen atoms in total. The number of aryl methyl sites for hydroxylation is 1. The van der Waals surface area contributed by atoms with E-state index in [1.165, 1.54) is 24.0 Å². The molecule has 1 aliphatic rings. The van der Waals surface area contributed by atoms with Crippen LogP contribution in [0.3, 0.4) is 0 Å². The van der Waals surface area contributed by atoms with Gasteiger partial charge in [0.15, 0.2) is 0 Å². The molecule has 1 aromatic rings. The number of benzene rings is 1. The van der Waals surface area contributed by atoms with Crippen molar-refractivity contribution in [3.05, 3.63) is 35.4 Å². The van der Waals surface area contributed by atoms with E-state index < -0.39 is 0 Å². The molecule has 1 amide bonds. The van der Waals surface area contributed by atoms with Crippen LogP contribution in [0.4, 0.5) is 0 Å². The second-order valence-electron chi connectivity index (χ2n) is 7.41. The highest BCUT2D eigenvalue weighted by atomic mass is 16.5. The van der Waals surface area contributed by atoms with Crippen LogP contribution in [0.15, 0.2) is 24.3 Å². The second kappa shape index (κ2) is 7.96. The Bertz CT molecular complexity index is 518. The number of nitrogens with one attached hydrogen (secondary N) is 1. The lowest BCUT2D eigenvalue weighted by atomic mass is 9.84. The van der Waals surface area contributed by atoms with Crippen molar-refractivity contribution in [2.45, 2.75) is 77.4 Å². The Labute approximate surface area is 140 Å². The largest absolute Gasteiger partial charge is 0.365 e. The topological polar surface area (TPSA) is 38.3 Å². The maximum atomic E-state index is 12.5. The van der Waals surface area contributed by atoms with Crippen LogP contribution in [0.5, 0.6) is 0 Å². The molecule has 3 heteroatoms. The third-order valence-electron chi connectivity index (χ3n) is 4.83. The summed E-state index contributed by atoms with van der Waals surface area (Å²) in [5.74, 6) is 0.0279. The van der Waals surface area contributed by atoms with Crippen molar-refractivity contribution < 1.29 is 9.53 Å². The summed E-state index contributed by atoms with van der Waals surface area (Å²) in [5, 5.41) is 3.10. The van der Waals surface area contributed by atoms with Gasteiger partial charge >= 0.3 is 0 Å². The quantitative estimate of drug-likeness (QED) is 0.821. The Morgan fingerprint density at radius 1 is 1.35 bits per heavy atom. The minimum absolute atomic E-state index is 0.0279. The summed E-state index contributed by atoms with van der Waals surface area (Å²) in [7, 11) is 0. The molecule has 0 aromatic heterocycles. The summed E-state index contributed by atoms with van der Waals surface area (Å²) in [4.78, 5) is 12.5. The Balaban J connectivity index is 1.90. The van der Waals surface area contributed by atoms with Crippen LogP contribution in [0.1, 0.15) is 64.0 Å². The molecule has 23 heavy (non-hydrogen) atoms. The summed E-state index contributed by atoms with van der Waals surface area (Å²) < 4.78 is 6.00. The van der Waals surface area contributed by atoms with Gasteiger partial charge in [-0.25, -0.2) is 0 Å². The average Bonchev–Trinajstić information content (AvgIpc) is 3.03. The zero-order valence-corrected chi connectivity index (χ0v) is 15.0. The molecule has 0 heterocycles. The molecule has 1 atom stereocenters. The number of amides is 1. The van der Waals surface area contributed by atoms with Crippen molar-refractivity contribution in [2.24, 2.45) is 0 Å². The normalized spacial score (nSPS) is 17.2. The molecular formula is C20H31NO2. The fraction of sp³-hybridized carbons (Fsp3) is 0.650. The minimum Gasteiger partial charge on any atom is -0.365 e. The highest BCUT2D eigenvalue weighted by Crippen LogP contribution is 2.24. The standard InChI is InChI=1S/C20H31NO2/c1-5-18(23-17-11-6-7-12-17)19(22)21-14-20(3,4)16-10-8-9-15(2)13-16/h8-10,13,17-18H,5-7,11-12,14H2,1-4H3,(H,21,22). The molecule has 0 saturated heterocycles. The van der Waals surface area contributed by atoms with Crippen LogP contribution in [-0.2, 0) is 14.9 Å². The highest BCUT2D eigenvalue weighted by Gasteiger charge is 2.27. The SMILES string of the molecule is CCC(OC1CCCC1)C(=O)NCC(C)(C)c1cccc(C)c1. The molecule has 1 saturated carbocycles. The van der Waals surface area contributed by atoms with Gasteiger partial charge in [0.05, 0.1) is 6.10 Å². The third-order valence-corrected chi connectivity index (χ3v) is 4.83. The van der Waals surface area contributed by atoms with E-state index in [9.17, 15) is 4.79 Å². The first kappa shape index (κ1) is 18.0. The van der Waals surface area contributed by atoms with Crippen molar-refractivity contribution in [3.8, 4) is 0 Å². The first-order chi connectivity index (χ1) is 10.9. The summed E-state index contributed by atoms with van der Waals surface area (Å²) >= 11 is 0. The summed E-state index contributed by atoms with van der Waals surface area (Å²) in [6, 6.07) is 8.50. The van der Waals surface area contributed by atoms with E-state index in [1.807, 2.05) is 6.92 Å². The van der Waals surface area contributed by atoms with Crippen LogP contribution < -0.4 is 5.32 Å². The Hall–Kier alpha value is -1.35. The predicted octanol–water partition coefficient (Wildman–Crippen LogP) is 4.13. The van der Waals surface area contributed by atoms with Gasteiger partial charge in [0.2, 0.25) is 5.91 Å². The molecule has 1 aromatic carbocycles. The predicted molar refractivity (Wildman–Crippen MR) is 94.6 cm³/mol. The number of rotatable bonds is 7. The first-order valence-electron chi connectivity index (χ1n) is 8.92. The third kappa shape index (κ3) is 5.07. The van der Waals surface area contributed by atoms with Gasteiger partial charge in [0.1, 0.15) is 6.10 Å². The molecule has 0 bridgehead atoms. The molecule has 1 fully saturated rings. The van der Waals surface area contributed by atoms with E-state index in [1.54, 1.807) is 0 Å². The van der Waals surface area contributed by atoms with Crippen molar-refractivity contribution in [1.82, 2.24) is 5.32 Å². The fourth-order valence-corrected chi connectivity index (χ4v) is 3.19. The van der Waals surface area contributed by atoms with Gasteiger partial charge in [-0.3, -0.25) is 4.79 Å². The van der Waals surface area contributed by atoms with Crippen LogP contribution in [-0.4, -0.2) is 24.7 Å². The molecule has 128 valence electrons. The molecule has 0 aliphatic heterocycles. The van der Waals surface area contributed by atoms with E-state index >= 15 is 0 Å². The van der Waals surface area contributed by atoms with Gasteiger partial charge in [0, 0.05) is 12.0 Å². The van der Waals surface area contributed by atoms with E-state index in [4.69, 9.17) is 4.74 Å². The van der Waals surface area contributed by atoms with Gasteiger partial charge < -0.3 is 10.1 Å². The lowest BCUT2D eigenvalue weighted by Gasteiger charge is -2.28. The molecule has 2 rings (SSSR count).